The lowest BCUT2D eigenvalue weighted by Gasteiger charge is -2.26. The molecule has 1 amide bonds. The van der Waals surface area contributed by atoms with Crippen LogP contribution in [0.1, 0.15) is 36.2 Å². The minimum Gasteiger partial charge on any atom is -0.359 e. The number of sulfonamides is 1. The molecule has 1 aromatic carbocycles. The van der Waals surface area contributed by atoms with Gasteiger partial charge in [0.2, 0.25) is 10.0 Å². The molecule has 1 heterocycles. The van der Waals surface area contributed by atoms with Gasteiger partial charge in [-0.25, -0.2) is 26.5 Å². The van der Waals surface area contributed by atoms with Gasteiger partial charge in [-0.2, -0.15) is 0 Å². The van der Waals surface area contributed by atoms with Gasteiger partial charge in [0.1, 0.15) is 11.6 Å². The van der Waals surface area contributed by atoms with Crippen molar-refractivity contribution >= 4 is 27.6 Å². The van der Waals surface area contributed by atoms with Gasteiger partial charge in [0.05, 0.1) is 12.8 Å². The van der Waals surface area contributed by atoms with Crippen LogP contribution in [-0.4, -0.2) is 64.2 Å². The zero-order valence-electron chi connectivity index (χ0n) is 21.1. The predicted octanol–water partition coefficient (Wildman–Crippen LogP) is 2.89. The molecule has 1 fully saturated rings. The van der Waals surface area contributed by atoms with Crippen LogP contribution in [0.2, 0.25) is 0 Å². The Bertz CT molecular complexity index is 1150. The number of carbonyl (C=O) groups is 1. The maximum absolute atomic E-state index is 13.3. The standard InChI is InChI=1S/C25H35F2N5O3S/c1-16-10-20(16)14-31(3)23-12-19(13-24(30-23)32(15-22(26)27)36(4,34)35)25(33)29-21(17(2)28)11-18-8-6-5-7-9-18/h5-9,12-13,16-17,20-22H,10-11,14-15,28H2,1-4H3,(H,29,33)/t16?,17?,20?,21-/m0/s1. The second-order valence-electron chi connectivity index (χ2n) is 9.74. The first-order valence-corrected chi connectivity index (χ1v) is 13.8. The molecule has 1 aliphatic carbocycles. The maximum Gasteiger partial charge on any atom is 0.257 e. The molecule has 0 spiro atoms. The van der Waals surface area contributed by atoms with Crippen LogP contribution in [0.3, 0.4) is 0 Å². The minimum atomic E-state index is -4.07. The number of nitrogens with zero attached hydrogens (tertiary/aromatic N) is 3. The van der Waals surface area contributed by atoms with Gasteiger partial charge in [0, 0.05) is 31.2 Å². The molecular weight excluding hydrogens is 488 g/mol. The van der Waals surface area contributed by atoms with Crippen LogP contribution >= 0.6 is 0 Å². The number of hydrogen-bond donors (Lipinski definition) is 2. The summed E-state index contributed by atoms with van der Waals surface area (Å²) in [5, 5.41) is 2.93. The molecule has 3 unspecified atom stereocenters. The molecule has 0 bridgehead atoms. The van der Waals surface area contributed by atoms with E-state index in [-0.39, 0.29) is 17.4 Å². The first-order valence-electron chi connectivity index (χ1n) is 11.9. The van der Waals surface area contributed by atoms with Crippen LogP contribution in [0, 0.1) is 11.8 Å². The number of halogens is 2. The molecule has 4 atom stereocenters. The molecule has 0 aliphatic heterocycles. The summed E-state index contributed by atoms with van der Waals surface area (Å²) in [5.74, 6) is 0.640. The summed E-state index contributed by atoms with van der Waals surface area (Å²) in [5.41, 5.74) is 7.26. The second kappa shape index (κ2) is 11.5. The molecule has 3 rings (SSSR count). The fourth-order valence-corrected chi connectivity index (χ4v) is 4.88. The number of anilines is 2. The Balaban J connectivity index is 1.95. The first kappa shape index (κ1) is 27.8. The number of rotatable bonds is 12. The van der Waals surface area contributed by atoms with Gasteiger partial charge in [-0.15, -0.1) is 0 Å². The first-order chi connectivity index (χ1) is 16.8. The number of aromatic nitrogens is 1. The topological polar surface area (TPSA) is 109 Å². The molecular formula is C25H35F2N5O3S. The fourth-order valence-electron chi connectivity index (χ4n) is 4.07. The molecule has 0 radical (unpaired) electrons. The molecule has 36 heavy (non-hydrogen) atoms. The van der Waals surface area contributed by atoms with Crippen molar-refractivity contribution in [3.63, 3.8) is 0 Å². The van der Waals surface area contributed by atoms with Crippen molar-refractivity contribution < 1.29 is 22.0 Å². The van der Waals surface area contributed by atoms with Crippen molar-refractivity contribution in [1.29, 1.82) is 0 Å². The average molecular weight is 524 g/mol. The lowest BCUT2D eigenvalue weighted by Crippen LogP contribution is -2.47. The number of amides is 1. The van der Waals surface area contributed by atoms with E-state index in [1.165, 1.54) is 6.07 Å². The van der Waals surface area contributed by atoms with Crippen molar-refractivity contribution in [1.82, 2.24) is 10.3 Å². The molecule has 1 aromatic heterocycles. The van der Waals surface area contributed by atoms with E-state index in [4.69, 9.17) is 5.73 Å². The second-order valence-corrected chi connectivity index (χ2v) is 11.6. The highest BCUT2D eigenvalue weighted by atomic mass is 32.2. The van der Waals surface area contributed by atoms with Gasteiger partial charge in [-0.05, 0) is 49.3 Å². The summed E-state index contributed by atoms with van der Waals surface area (Å²) in [6, 6.07) is 11.6. The highest BCUT2D eigenvalue weighted by Crippen LogP contribution is 2.38. The van der Waals surface area contributed by atoms with Crippen molar-refractivity contribution in [3.8, 4) is 0 Å². The van der Waals surface area contributed by atoms with Gasteiger partial charge in [0.15, 0.2) is 0 Å². The monoisotopic (exact) mass is 523 g/mol. The Morgan fingerprint density at radius 3 is 2.36 bits per heavy atom. The van der Waals surface area contributed by atoms with E-state index in [0.717, 1.165) is 18.2 Å². The zero-order valence-corrected chi connectivity index (χ0v) is 21.9. The quantitative estimate of drug-likeness (QED) is 0.443. The molecule has 198 valence electrons. The maximum atomic E-state index is 13.3. The van der Waals surface area contributed by atoms with E-state index >= 15 is 0 Å². The number of nitrogens with two attached hydrogens (primary N) is 1. The lowest BCUT2D eigenvalue weighted by molar-refractivity contribution is 0.0931. The lowest BCUT2D eigenvalue weighted by atomic mass is 10.0. The molecule has 2 aromatic rings. The van der Waals surface area contributed by atoms with Gasteiger partial charge in [0.25, 0.3) is 12.3 Å². The van der Waals surface area contributed by atoms with E-state index < -0.39 is 34.9 Å². The third-order valence-electron chi connectivity index (χ3n) is 6.45. The van der Waals surface area contributed by atoms with Crippen molar-refractivity contribution in [2.45, 2.75) is 45.2 Å². The number of nitrogens with one attached hydrogen (secondary N) is 1. The predicted molar refractivity (Wildman–Crippen MR) is 138 cm³/mol. The Hall–Kier alpha value is -2.79. The van der Waals surface area contributed by atoms with Crippen LogP contribution in [0.5, 0.6) is 0 Å². The molecule has 3 N–H and O–H groups in total. The van der Waals surface area contributed by atoms with Crippen LogP contribution in [0.25, 0.3) is 0 Å². The van der Waals surface area contributed by atoms with E-state index in [9.17, 15) is 22.0 Å². The Kier molecular flexibility index (Phi) is 8.89. The SMILES string of the molecule is CC1CC1CN(C)c1cc(C(=O)N[C@@H](Cc2ccccc2)C(C)N)cc(N(CC(F)F)S(C)(=O)=O)n1. The highest BCUT2D eigenvalue weighted by molar-refractivity contribution is 7.92. The third-order valence-corrected chi connectivity index (χ3v) is 7.58. The van der Waals surface area contributed by atoms with Gasteiger partial charge < -0.3 is 16.0 Å². The van der Waals surface area contributed by atoms with E-state index in [0.29, 0.717) is 34.9 Å². The summed E-state index contributed by atoms with van der Waals surface area (Å²) >= 11 is 0. The van der Waals surface area contributed by atoms with E-state index in [1.807, 2.05) is 35.2 Å². The Labute approximate surface area is 211 Å². The summed E-state index contributed by atoms with van der Waals surface area (Å²) in [7, 11) is -2.29. The van der Waals surface area contributed by atoms with Crippen LogP contribution < -0.4 is 20.3 Å². The van der Waals surface area contributed by atoms with Crippen LogP contribution in [-0.2, 0) is 16.4 Å². The van der Waals surface area contributed by atoms with Gasteiger partial charge in [-0.3, -0.25) is 4.79 Å². The van der Waals surface area contributed by atoms with Crippen LogP contribution in [0.15, 0.2) is 42.5 Å². The summed E-state index contributed by atoms with van der Waals surface area (Å²) in [6.07, 6.45) is -0.519. The van der Waals surface area contributed by atoms with Crippen LogP contribution in [0.4, 0.5) is 20.4 Å². The van der Waals surface area contributed by atoms with Crippen molar-refractivity contribution in [2.75, 3.05) is 35.6 Å². The number of pyridine rings is 1. The molecule has 11 heteroatoms. The molecule has 8 nitrogen and oxygen atoms in total. The van der Waals surface area contributed by atoms with E-state index in [2.05, 4.69) is 17.2 Å². The largest absolute Gasteiger partial charge is 0.359 e. The summed E-state index contributed by atoms with van der Waals surface area (Å²) < 4.78 is 51.8. The Morgan fingerprint density at radius 1 is 1.22 bits per heavy atom. The summed E-state index contributed by atoms with van der Waals surface area (Å²) in [6.45, 7) is 3.52. The number of benzene rings is 1. The minimum absolute atomic E-state index is 0.118. The molecule has 1 aliphatic rings. The zero-order chi connectivity index (χ0) is 26.6. The number of alkyl halides is 2. The molecule has 0 saturated heterocycles. The van der Waals surface area contributed by atoms with Crippen molar-refractivity contribution in [3.05, 3.63) is 53.6 Å². The molecule has 1 saturated carbocycles. The van der Waals surface area contributed by atoms with Gasteiger partial charge in [-0.1, -0.05) is 37.3 Å². The average Bonchev–Trinajstić information content (AvgIpc) is 3.50. The third kappa shape index (κ3) is 7.60. The number of hydrogen-bond acceptors (Lipinski definition) is 6. The van der Waals surface area contributed by atoms with Crippen molar-refractivity contribution in [2.24, 2.45) is 17.6 Å². The highest BCUT2D eigenvalue weighted by Gasteiger charge is 2.34. The number of carbonyl (C=O) groups excluding carboxylic acids is 1. The summed E-state index contributed by atoms with van der Waals surface area (Å²) in [4.78, 5) is 19.5. The smallest absolute Gasteiger partial charge is 0.257 e. The normalized spacial score (nSPS) is 19.0. The Morgan fingerprint density at radius 2 is 1.83 bits per heavy atom. The fraction of sp³-hybridized carbons (Fsp3) is 0.520. The van der Waals surface area contributed by atoms with E-state index in [1.54, 1.807) is 20.0 Å². The van der Waals surface area contributed by atoms with Gasteiger partial charge >= 0.3 is 0 Å².